The molecule has 8 heteroatoms. The van der Waals surface area contributed by atoms with Gasteiger partial charge in [-0.05, 0) is 54.8 Å². The van der Waals surface area contributed by atoms with Crippen LogP contribution in [0.15, 0.2) is 53.4 Å². The van der Waals surface area contributed by atoms with Gasteiger partial charge in [-0.1, -0.05) is 19.9 Å². The molecule has 2 rings (SSSR count). The fourth-order valence-electron chi connectivity index (χ4n) is 2.59. The van der Waals surface area contributed by atoms with Gasteiger partial charge in [-0.3, -0.25) is 4.79 Å². The molecule has 0 bridgehead atoms. The molecule has 1 atom stereocenters. The maximum Gasteiger partial charge on any atom is 0.242 e. The highest BCUT2D eigenvalue weighted by molar-refractivity contribution is 7.89. The average Bonchev–Trinajstić information content (AvgIpc) is 2.67. The van der Waals surface area contributed by atoms with Crippen molar-refractivity contribution in [2.75, 3.05) is 12.4 Å². The lowest BCUT2D eigenvalue weighted by atomic mass is 10.0. The first kappa shape index (κ1) is 21.4. The summed E-state index contributed by atoms with van der Waals surface area (Å²) in [5, 5.41) is 11.7. The third-order valence-corrected chi connectivity index (χ3v) is 5.44. The lowest BCUT2D eigenvalue weighted by molar-refractivity contribution is -0.118. The predicted molar refractivity (Wildman–Crippen MR) is 106 cm³/mol. The second-order valence-electron chi connectivity index (χ2n) is 6.66. The maximum absolute atomic E-state index is 12.7. The first-order chi connectivity index (χ1) is 13.2. The molecular weight excluding hydrogens is 378 g/mol. The van der Waals surface area contributed by atoms with Crippen molar-refractivity contribution in [3.63, 3.8) is 0 Å². The van der Waals surface area contributed by atoms with Crippen LogP contribution in [0.2, 0.25) is 0 Å². The number of nitriles is 1. The second-order valence-corrected chi connectivity index (χ2v) is 8.37. The van der Waals surface area contributed by atoms with Crippen LogP contribution in [0.5, 0.6) is 5.75 Å². The van der Waals surface area contributed by atoms with Gasteiger partial charge in [0, 0.05) is 5.69 Å². The van der Waals surface area contributed by atoms with E-state index in [0.717, 1.165) is 0 Å². The number of carbonyl (C=O) groups is 1. The van der Waals surface area contributed by atoms with Gasteiger partial charge in [0.15, 0.2) is 0 Å². The molecule has 0 aromatic heterocycles. The Morgan fingerprint density at radius 2 is 1.86 bits per heavy atom. The van der Waals surface area contributed by atoms with Crippen LogP contribution in [0.4, 0.5) is 5.69 Å². The van der Waals surface area contributed by atoms with E-state index >= 15 is 0 Å². The number of ether oxygens (including phenoxy) is 1. The van der Waals surface area contributed by atoms with Gasteiger partial charge in [0.25, 0.3) is 0 Å². The molecule has 2 aromatic carbocycles. The van der Waals surface area contributed by atoms with Gasteiger partial charge in [-0.25, -0.2) is 8.42 Å². The summed E-state index contributed by atoms with van der Waals surface area (Å²) in [7, 11) is -2.41. The Morgan fingerprint density at radius 1 is 1.18 bits per heavy atom. The van der Waals surface area contributed by atoms with E-state index in [1.54, 1.807) is 30.3 Å². The molecule has 0 heterocycles. The summed E-state index contributed by atoms with van der Waals surface area (Å²) in [5.41, 5.74) is 0.832. The number of amides is 1. The first-order valence-corrected chi connectivity index (χ1v) is 10.2. The Labute approximate surface area is 165 Å². The SMILES string of the molecule is COc1ccc(S(=O)(=O)N[C@@H](CC(C)C)C(=O)Nc2cccc(C#N)c2)cc1. The van der Waals surface area contributed by atoms with Crippen LogP contribution in [0.3, 0.4) is 0 Å². The molecule has 2 aromatic rings. The van der Waals surface area contributed by atoms with E-state index in [1.165, 1.54) is 25.3 Å². The molecule has 0 saturated heterocycles. The highest BCUT2D eigenvalue weighted by Crippen LogP contribution is 2.18. The Kier molecular flexibility index (Phi) is 7.15. The molecule has 0 saturated carbocycles. The minimum Gasteiger partial charge on any atom is -0.497 e. The maximum atomic E-state index is 12.7. The Hall–Kier alpha value is -2.89. The Morgan fingerprint density at radius 3 is 2.43 bits per heavy atom. The topological polar surface area (TPSA) is 108 Å². The van der Waals surface area contributed by atoms with Crippen LogP contribution in [0, 0.1) is 17.2 Å². The molecule has 0 aliphatic carbocycles. The summed E-state index contributed by atoms with van der Waals surface area (Å²) in [6.07, 6.45) is 0.319. The summed E-state index contributed by atoms with van der Waals surface area (Å²) >= 11 is 0. The van der Waals surface area contributed by atoms with Gasteiger partial charge in [-0.2, -0.15) is 9.98 Å². The lowest BCUT2D eigenvalue weighted by Gasteiger charge is -2.20. The number of carbonyl (C=O) groups excluding carboxylic acids is 1. The molecule has 7 nitrogen and oxygen atoms in total. The van der Waals surface area contributed by atoms with Crippen LogP contribution in [-0.2, 0) is 14.8 Å². The van der Waals surface area contributed by atoms with E-state index in [4.69, 9.17) is 10.00 Å². The number of methoxy groups -OCH3 is 1. The number of hydrogen-bond donors (Lipinski definition) is 2. The number of anilines is 1. The third kappa shape index (κ3) is 5.81. The molecule has 28 heavy (non-hydrogen) atoms. The van der Waals surface area contributed by atoms with Crippen molar-refractivity contribution in [3.8, 4) is 11.8 Å². The molecule has 0 unspecified atom stereocenters. The summed E-state index contributed by atoms with van der Waals surface area (Å²) in [5.74, 6) is 0.133. The summed E-state index contributed by atoms with van der Waals surface area (Å²) < 4.78 is 32.9. The standard InChI is InChI=1S/C20H23N3O4S/c1-14(2)11-19(20(24)22-16-6-4-5-15(12-16)13-21)23-28(25,26)18-9-7-17(27-3)8-10-18/h4-10,12,14,19,23H,11H2,1-3H3,(H,22,24)/t19-/m0/s1. The molecule has 0 spiro atoms. The van der Waals surface area contributed by atoms with E-state index in [1.807, 2.05) is 19.9 Å². The fourth-order valence-corrected chi connectivity index (χ4v) is 3.79. The fraction of sp³-hybridized carbons (Fsp3) is 0.300. The largest absolute Gasteiger partial charge is 0.497 e. The van der Waals surface area contributed by atoms with E-state index in [2.05, 4.69) is 10.0 Å². The molecule has 0 aliphatic heterocycles. The van der Waals surface area contributed by atoms with E-state index in [9.17, 15) is 13.2 Å². The van der Waals surface area contributed by atoms with Crippen LogP contribution in [0.25, 0.3) is 0 Å². The molecule has 2 N–H and O–H groups in total. The summed E-state index contributed by atoms with van der Waals surface area (Å²) in [4.78, 5) is 12.8. The van der Waals surface area contributed by atoms with Crippen LogP contribution < -0.4 is 14.8 Å². The van der Waals surface area contributed by atoms with Gasteiger partial charge in [-0.15, -0.1) is 0 Å². The second kappa shape index (κ2) is 9.35. The molecule has 148 valence electrons. The van der Waals surface area contributed by atoms with Crippen molar-refractivity contribution in [2.45, 2.75) is 31.2 Å². The minimum absolute atomic E-state index is 0.0429. The van der Waals surface area contributed by atoms with Crippen molar-refractivity contribution in [1.29, 1.82) is 5.26 Å². The number of rotatable bonds is 8. The van der Waals surface area contributed by atoms with E-state index in [-0.39, 0.29) is 10.8 Å². The Bertz CT molecular complexity index is 964. The number of hydrogen-bond acceptors (Lipinski definition) is 5. The van der Waals surface area contributed by atoms with Crippen molar-refractivity contribution in [3.05, 3.63) is 54.1 Å². The van der Waals surface area contributed by atoms with Gasteiger partial charge >= 0.3 is 0 Å². The van der Waals surface area contributed by atoms with Crippen LogP contribution in [0.1, 0.15) is 25.8 Å². The van der Waals surface area contributed by atoms with Gasteiger partial charge in [0.1, 0.15) is 11.8 Å². The summed E-state index contributed by atoms with van der Waals surface area (Å²) in [6, 6.07) is 13.4. The highest BCUT2D eigenvalue weighted by Gasteiger charge is 2.26. The van der Waals surface area contributed by atoms with Crippen LogP contribution in [-0.4, -0.2) is 27.5 Å². The normalized spacial score (nSPS) is 12.2. The van der Waals surface area contributed by atoms with Crippen molar-refractivity contribution >= 4 is 21.6 Å². The van der Waals surface area contributed by atoms with Crippen molar-refractivity contribution in [1.82, 2.24) is 4.72 Å². The monoisotopic (exact) mass is 401 g/mol. The zero-order valence-electron chi connectivity index (χ0n) is 16.0. The summed E-state index contributed by atoms with van der Waals surface area (Å²) in [6.45, 7) is 3.80. The van der Waals surface area contributed by atoms with Crippen molar-refractivity contribution in [2.24, 2.45) is 5.92 Å². The quantitative estimate of drug-likeness (QED) is 0.707. The Balaban J connectivity index is 2.21. The average molecular weight is 401 g/mol. The molecule has 0 aliphatic rings. The zero-order valence-corrected chi connectivity index (χ0v) is 16.8. The molecule has 0 fully saturated rings. The molecule has 0 radical (unpaired) electrons. The zero-order chi connectivity index (χ0) is 20.7. The van der Waals surface area contributed by atoms with Crippen LogP contribution >= 0.6 is 0 Å². The van der Waals surface area contributed by atoms with Gasteiger partial charge < -0.3 is 10.1 Å². The molecule has 1 amide bonds. The van der Waals surface area contributed by atoms with Gasteiger partial charge in [0.2, 0.25) is 15.9 Å². The minimum atomic E-state index is -3.90. The number of nitrogens with zero attached hydrogens (tertiary/aromatic N) is 1. The van der Waals surface area contributed by atoms with Gasteiger partial charge in [0.05, 0.1) is 23.6 Å². The first-order valence-electron chi connectivity index (χ1n) is 8.72. The highest BCUT2D eigenvalue weighted by atomic mass is 32.2. The number of sulfonamides is 1. The predicted octanol–water partition coefficient (Wildman–Crippen LogP) is 2.90. The number of benzene rings is 2. The smallest absolute Gasteiger partial charge is 0.242 e. The van der Waals surface area contributed by atoms with Crippen molar-refractivity contribution < 1.29 is 17.9 Å². The molecular formula is C20H23N3O4S. The number of nitrogens with one attached hydrogen (secondary N) is 2. The third-order valence-electron chi connectivity index (χ3n) is 3.95. The van der Waals surface area contributed by atoms with E-state index in [0.29, 0.717) is 23.4 Å². The van der Waals surface area contributed by atoms with E-state index < -0.39 is 22.0 Å². The lowest BCUT2D eigenvalue weighted by Crippen LogP contribution is -2.44.